The van der Waals surface area contributed by atoms with Crippen LogP contribution in [0.1, 0.15) is 17.0 Å². The number of aryl methyl sites for hydroxylation is 2. The van der Waals surface area contributed by atoms with Gasteiger partial charge in [0.1, 0.15) is 12.1 Å². The maximum absolute atomic E-state index is 5.38. The second-order valence-corrected chi connectivity index (χ2v) is 7.25. The molecule has 0 N–H and O–H groups in total. The smallest absolute Gasteiger partial charge is 0.257 e. The first-order chi connectivity index (χ1) is 13.6. The lowest BCUT2D eigenvalue weighted by atomic mass is 10.1. The van der Waals surface area contributed by atoms with Gasteiger partial charge in [0.2, 0.25) is 0 Å². The summed E-state index contributed by atoms with van der Waals surface area (Å²) in [6.07, 6.45) is 1.72. The molecule has 0 aliphatic rings. The number of rotatable bonds is 6. The lowest BCUT2D eigenvalue weighted by molar-refractivity contribution is 0.414. The molecule has 2 heterocycles. The molecule has 0 aliphatic heterocycles. The summed E-state index contributed by atoms with van der Waals surface area (Å²) in [6, 6.07) is 13.8. The van der Waals surface area contributed by atoms with E-state index in [2.05, 4.69) is 52.4 Å². The van der Waals surface area contributed by atoms with Gasteiger partial charge in [0.25, 0.3) is 5.89 Å². The molecular formula is C20H19N5O2S. The molecule has 0 atom stereocenters. The Balaban J connectivity index is 1.49. The van der Waals surface area contributed by atoms with E-state index in [1.807, 2.05) is 28.8 Å². The standard InChI is InChI=1S/C20H19N5O2S/c1-13-4-9-17(14(2)10-13)25-12-21-23-20(25)28-11-18-22-19(27-24-18)15-5-7-16(26-3)8-6-15/h4-10,12H,11H2,1-3H3. The molecule has 0 amide bonds. The Kier molecular flexibility index (Phi) is 5.12. The van der Waals surface area contributed by atoms with Gasteiger partial charge in [-0.05, 0) is 49.7 Å². The molecule has 4 aromatic rings. The SMILES string of the molecule is COc1ccc(-c2nc(CSc3nncn3-c3ccc(C)cc3C)no2)cc1. The molecule has 4 rings (SSSR count). The van der Waals surface area contributed by atoms with Crippen LogP contribution in [0.4, 0.5) is 0 Å². The second kappa shape index (κ2) is 7.85. The fourth-order valence-electron chi connectivity index (χ4n) is 2.86. The lowest BCUT2D eigenvalue weighted by Gasteiger charge is -2.09. The molecule has 0 saturated heterocycles. The van der Waals surface area contributed by atoms with Crippen LogP contribution in [0, 0.1) is 13.8 Å². The molecule has 0 unspecified atom stereocenters. The first-order valence-corrected chi connectivity index (χ1v) is 9.70. The van der Waals surface area contributed by atoms with Crippen LogP contribution in [0.25, 0.3) is 17.1 Å². The summed E-state index contributed by atoms with van der Waals surface area (Å²) in [7, 11) is 1.63. The Bertz CT molecular complexity index is 1090. The van der Waals surface area contributed by atoms with Gasteiger partial charge in [0.05, 0.1) is 18.6 Å². The molecular weight excluding hydrogens is 374 g/mol. The van der Waals surface area contributed by atoms with E-state index in [4.69, 9.17) is 9.26 Å². The van der Waals surface area contributed by atoms with E-state index in [1.54, 1.807) is 13.4 Å². The summed E-state index contributed by atoms with van der Waals surface area (Å²) in [6.45, 7) is 4.16. The van der Waals surface area contributed by atoms with E-state index in [0.717, 1.165) is 22.2 Å². The molecule has 28 heavy (non-hydrogen) atoms. The minimum Gasteiger partial charge on any atom is -0.497 e. The van der Waals surface area contributed by atoms with Crippen molar-refractivity contribution in [2.45, 2.75) is 24.8 Å². The zero-order valence-corrected chi connectivity index (χ0v) is 16.6. The summed E-state index contributed by atoms with van der Waals surface area (Å²) in [5.74, 6) is 2.40. The molecule has 2 aromatic heterocycles. The second-order valence-electron chi connectivity index (χ2n) is 6.31. The maximum Gasteiger partial charge on any atom is 0.257 e. The summed E-state index contributed by atoms with van der Waals surface area (Å²) >= 11 is 1.51. The van der Waals surface area contributed by atoms with Gasteiger partial charge in [-0.3, -0.25) is 4.57 Å². The number of methoxy groups -OCH3 is 1. The normalized spacial score (nSPS) is 11.0. The van der Waals surface area contributed by atoms with Gasteiger partial charge < -0.3 is 9.26 Å². The first-order valence-electron chi connectivity index (χ1n) is 8.71. The van der Waals surface area contributed by atoms with E-state index in [-0.39, 0.29) is 0 Å². The van der Waals surface area contributed by atoms with Crippen LogP contribution in [0.3, 0.4) is 0 Å². The van der Waals surface area contributed by atoms with E-state index in [1.165, 1.54) is 22.9 Å². The molecule has 0 fully saturated rings. The Morgan fingerprint density at radius 3 is 2.68 bits per heavy atom. The highest BCUT2D eigenvalue weighted by atomic mass is 32.2. The first kappa shape index (κ1) is 18.2. The van der Waals surface area contributed by atoms with Gasteiger partial charge in [0, 0.05) is 5.56 Å². The van der Waals surface area contributed by atoms with E-state index >= 15 is 0 Å². The predicted molar refractivity (Wildman–Crippen MR) is 107 cm³/mol. The fraction of sp³-hybridized carbons (Fsp3) is 0.200. The molecule has 0 saturated carbocycles. The van der Waals surface area contributed by atoms with Crippen molar-refractivity contribution in [2.75, 3.05) is 7.11 Å². The van der Waals surface area contributed by atoms with Crippen LogP contribution < -0.4 is 4.74 Å². The van der Waals surface area contributed by atoms with Crippen LogP contribution in [-0.2, 0) is 5.75 Å². The van der Waals surface area contributed by atoms with Crippen molar-refractivity contribution in [3.05, 3.63) is 65.7 Å². The van der Waals surface area contributed by atoms with Crippen LogP contribution >= 0.6 is 11.8 Å². The van der Waals surface area contributed by atoms with Gasteiger partial charge in [-0.15, -0.1) is 10.2 Å². The average molecular weight is 393 g/mol. The van der Waals surface area contributed by atoms with Crippen molar-refractivity contribution in [1.29, 1.82) is 0 Å². The van der Waals surface area contributed by atoms with Crippen molar-refractivity contribution < 1.29 is 9.26 Å². The van der Waals surface area contributed by atoms with Crippen LogP contribution in [-0.4, -0.2) is 32.0 Å². The minimum atomic E-state index is 0.481. The molecule has 0 spiro atoms. The van der Waals surface area contributed by atoms with Gasteiger partial charge in [-0.1, -0.05) is 34.6 Å². The van der Waals surface area contributed by atoms with Crippen molar-refractivity contribution in [3.63, 3.8) is 0 Å². The predicted octanol–water partition coefficient (Wildman–Crippen LogP) is 4.24. The maximum atomic E-state index is 5.38. The summed E-state index contributed by atoms with van der Waals surface area (Å²) < 4.78 is 12.5. The number of ether oxygens (including phenoxy) is 1. The van der Waals surface area contributed by atoms with Crippen LogP contribution in [0.15, 0.2) is 58.5 Å². The summed E-state index contributed by atoms with van der Waals surface area (Å²) in [4.78, 5) is 4.47. The molecule has 142 valence electrons. The highest BCUT2D eigenvalue weighted by Crippen LogP contribution is 2.26. The monoisotopic (exact) mass is 393 g/mol. The van der Waals surface area contributed by atoms with Gasteiger partial charge in [0.15, 0.2) is 11.0 Å². The number of aromatic nitrogens is 5. The molecule has 2 aromatic carbocycles. The molecule has 7 nitrogen and oxygen atoms in total. The number of benzene rings is 2. The van der Waals surface area contributed by atoms with Gasteiger partial charge in [-0.25, -0.2) is 0 Å². The zero-order valence-electron chi connectivity index (χ0n) is 15.8. The zero-order chi connectivity index (χ0) is 19.5. The minimum absolute atomic E-state index is 0.481. The Hall–Kier alpha value is -3.13. The fourth-order valence-corrected chi connectivity index (χ4v) is 3.62. The number of nitrogens with zero attached hydrogens (tertiary/aromatic N) is 5. The van der Waals surface area contributed by atoms with Crippen LogP contribution in [0.2, 0.25) is 0 Å². The Labute approximate surface area is 166 Å². The lowest BCUT2D eigenvalue weighted by Crippen LogP contribution is -1.98. The average Bonchev–Trinajstić information content (AvgIpc) is 3.36. The molecule has 0 radical (unpaired) electrons. The molecule has 0 bridgehead atoms. The summed E-state index contributed by atoms with van der Waals surface area (Å²) in [5.41, 5.74) is 4.30. The van der Waals surface area contributed by atoms with Crippen molar-refractivity contribution in [3.8, 4) is 22.9 Å². The highest BCUT2D eigenvalue weighted by molar-refractivity contribution is 7.98. The van der Waals surface area contributed by atoms with Gasteiger partial charge in [-0.2, -0.15) is 4.98 Å². The van der Waals surface area contributed by atoms with Crippen molar-refractivity contribution >= 4 is 11.8 Å². The Morgan fingerprint density at radius 1 is 1.11 bits per heavy atom. The molecule has 8 heteroatoms. The summed E-state index contributed by atoms with van der Waals surface area (Å²) in [5, 5.41) is 13.1. The third-order valence-corrected chi connectivity index (χ3v) is 5.20. The van der Waals surface area contributed by atoms with Gasteiger partial charge >= 0.3 is 0 Å². The van der Waals surface area contributed by atoms with E-state index in [0.29, 0.717) is 17.5 Å². The van der Waals surface area contributed by atoms with Crippen LogP contribution in [0.5, 0.6) is 5.75 Å². The number of thioether (sulfide) groups is 1. The number of hydrogen-bond donors (Lipinski definition) is 0. The number of hydrogen-bond acceptors (Lipinski definition) is 7. The van der Waals surface area contributed by atoms with E-state index in [9.17, 15) is 0 Å². The third kappa shape index (κ3) is 3.77. The topological polar surface area (TPSA) is 78.9 Å². The largest absolute Gasteiger partial charge is 0.497 e. The quantitative estimate of drug-likeness (QED) is 0.453. The van der Waals surface area contributed by atoms with E-state index < -0.39 is 0 Å². The highest BCUT2D eigenvalue weighted by Gasteiger charge is 2.13. The van der Waals surface area contributed by atoms with Crippen molar-refractivity contribution in [1.82, 2.24) is 24.9 Å². The van der Waals surface area contributed by atoms with Crippen molar-refractivity contribution in [2.24, 2.45) is 0 Å². The third-order valence-electron chi connectivity index (χ3n) is 4.26. The Morgan fingerprint density at radius 2 is 1.93 bits per heavy atom. The molecule has 0 aliphatic carbocycles.